The van der Waals surface area contributed by atoms with Gasteiger partial charge >= 0.3 is 0 Å². The normalized spacial score (nSPS) is 11.4. The van der Waals surface area contributed by atoms with Crippen LogP contribution in [0.5, 0.6) is 0 Å². The molecule has 1 aromatic carbocycles. The lowest BCUT2D eigenvalue weighted by molar-refractivity contribution is 0.102. The van der Waals surface area contributed by atoms with Crippen molar-refractivity contribution in [1.29, 1.82) is 0 Å². The van der Waals surface area contributed by atoms with Crippen molar-refractivity contribution in [3.8, 4) is 0 Å². The number of amides is 1. The average molecular weight is 289 g/mol. The second kappa shape index (κ2) is 5.32. The second-order valence-corrected chi connectivity index (χ2v) is 6.89. The van der Waals surface area contributed by atoms with Crippen molar-refractivity contribution in [1.82, 2.24) is 10.2 Å². The monoisotopic (exact) mass is 289 g/mol. The van der Waals surface area contributed by atoms with Gasteiger partial charge in [-0.15, -0.1) is 10.2 Å². The zero-order chi connectivity index (χ0) is 14.9. The Morgan fingerprint density at radius 3 is 2.40 bits per heavy atom. The smallest absolute Gasteiger partial charge is 0.257 e. The number of nitrogens with zero attached hydrogens (tertiary/aromatic N) is 2. The molecule has 0 saturated carbocycles. The molecule has 106 valence electrons. The zero-order valence-corrected chi connectivity index (χ0v) is 13.3. The van der Waals surface area contributed by atoms with Crippen molar-refractivity contribution in [2.24, 2.45) is 0 Å². The zero-order valence-electron chi connectivity index (χ0n) is 12.4. The number of hydrogen-bond donors (Lipinski definition) is 1. The van der Waals surface area contributed by atoms with Gasteiger partial charge in [0.05, 0.1) is 0 Å². The Kier molecular flexibility index (Phi) is 3.90. The third-order valence-corrected chi connectivity index (χ3v) is 4.32. The summed E-state index contributed by atoms with van der Waals surface area (Å²) in [6, 6.07) is 5.66. The van der Waals surface area contributed by atoms with Gasteiger partial charge in [0.1, 0.15) is 5.01 Å². The van der Waals surface area contributed by atoms with Crippen LogP contribution in [0, 0.1) is 13.8 Å². The molecule has 0 atom stereocenters. The number of carbonyl (C=O) groups excluding carboxylic acids is 1. The van der Waals surface area contributed by atoms with Crippen LogP contribution in [0.3, 0.4) is 0 Å². The van der Waals surface area contributed by atoms with E-state index < -0.39 is 0 Å². The van der Waals surface area contributed by atoms with Crippen molar-refractivity contribution < 1.29 is 4.79 Å². The summed E-state index contributed by atoms with van der Waals surface area (Å²) in [5, 5.41) is 12.4. The van der Waals surface area contributed by atoms with Gasteiger partial charge in [0.2, 0.25) is 5.13 Å². The standard InChI is InChI=1S/C15H19N3OS/c1-9-6-7-11(8-10(9)2)12(19)16-14-18-17-13(20-14)15(3,4)5/h6-8H,1-5H3,(H,16,18,19). The second-order valence-electron chi connectivity index (χ2n) is 5.92. The molecule has 1 heterocycles. The highest BCUT2D eigenvalue weighted by Gasteiger charge is 2.20. The molecule has 1 N–H and O–H groups in total. The van der Waals surface area contributed by atoms with Crippen LogP contribution in [0.25, 0.3) is 0 Å². The van der Waals surface area contributed by atoms with Gasteiger partial charge in [0, 0.05) is 11.0 Å². The third-order valence-electron chi connectivity index (χ3n) is 3.06. The van der Waals surface area contributed by atoms with E-state index in [0.717, 1.165) is 10.6 Å². The van der Waals surface area contributed by atoms with Gasteiger partial charge in [-0.25, -0.2) is 0 Å². The van der Waals surface area contributed by atoms with Gasteiger partial charge in [-0.05, 0) is 37.1 Å². The summed E-state index contributed by atoms with van der Waals surface area (Å²) >= 11 is 1.42. The average Bonchev–Trinajstić information content (AvgIpc) is 2.81. The molecule has 4 nitrogen and oxygen atoms in total. The molecule has 1 amide bonds. The molecular weight excluding hydrogens is 270 g/mol. The molecule has 0 unspecified atom stereocenters. The maximum absolute atomic E-state index is 12.2. The topological polar surface area (TPSA) is 54.9 Å². The first-order valence-corrected chi connectivity index (χ1v) is 7.31. The molecule has 1 aromatic heterocycles. The first-order valence-electron chi connectivity index (χ1n) is 6.50. The van der Waals surface area contributed by atoms with Crippen molar-refractivity contribution in [2.75, 3.05) is 5.32 Å². The molecule has 20 heavy (non-hydrogen) atoms. The van der Waals surface area contributed by atoms with Gasteiger partial charge in [0.15, 0.2) is 0 Å². The highest BCUT2D eigenvalue weighted by Crippen LogP contribution is 2.27. The van der Waals surface area contributed by atoms with Gasteiger partial charge in [-0.3, -0.25) is 10.1 Å². The minimum atomic E-state index is -0.148. The number of carbonyl (C=O) groups is 1. The van der Waals surface area contributed by atoms with Crippen LogP contribution in [0.4, 0.5) is 5.13 Å². The van der Waals surface area contributed by atoms with Crippen molar-refractivity contribution >= 4 is 22.4 Å². The fraction of sp³-hybridized carbons (Fsp3) is 0.400. The van der Waals surface area contributed by atoms with Gasteiger partial charge < -0.3 is 0 Å². The van der Waals surface area contributed by atoms with E-state index in [1.165, 1.54) is 16.9 Å². The first kappa shape index (κ1) is 14.7. The summed E-state index contributed by atoms with van der Waals surface area (Å²) in [4.78, 5) is 12.2. The van der Waals surface area contributed by atoms with E-state index in [4.69, 9.17) is 0 Å². The number of anilines is 1. The number of hydrogen-bond acceptors (Lipinski definition) is 4. The summed E-state index contributed by atoms with van der Waals surface area (Å²) in [6.07, 6.45) is 0. The molecule has 0 fully saturated rings. The van der Waals surface area contributed by atoms with Crippen LogP contribution >= 0.6 is 11.3 Å². The van der Waals surface area contributed by atoms with Crippen LogP contribution in [-0.2, 0) is 5.41 Å². The maximum Gasteiger partial charge on any atom is 0.257 e. The lowest BCUT2D eigenvalue weighted by Crippen LogP contribution is -2.12. The molecular formula is C15H19N3OS. The van der Waals surface area contributed by atoms with Crippen LogP contribution < -0.4 is 5.32 Å². The summed E-state index contributed by atoms with van der Waals surface area (Å²) in [5.41, 5.74) is 2.86. The van der Waals surface area contributed by atoms with Crippen molar-refractivity contribution in [2.45, 2.75) is 40.0 Å². The molecule has 5 heteroatoms. The van der Waals surface area contributed by atoms with E-state index in [2.05, 4.69) is 36.3 Å². The lowest BCUT2D eigenvalue weighted by atomic mass is 9.98. The fourth-order valence-electron chi connectivity index (χ4n) is 1.63. The maximum atomic E-state index is 12.2. The lowest BCUT2D eigenvalue weighted by Gasteiger charge is -2.12. The molecule has 0 radical (unpaired) electrons. The largest absolute Gasteiger partial charge is 0.296 e. The van der Waals surface area contributed by atoms with Crippen LogP contribution in [0.1, 0.15) is 47.3 Å². The Morgan fingerprint density at radius 1 is 1.15 bits per heavy atom. The van der Waals surface area contributed by atoms with Crippen LogP contribution in [-0.4, -0.2) is 16.1 Å². The van der Waals surface area contributed by atoms with Gasteiger partial charge in [0.25, 0.3) is 5.91 Å². The predicted molar refractivity (Wildman–Crippen MR) is 82.5 cm³/mol. The summed E-state index contributed by atoms with van der Waals surface area (Å²) in [5.74, 6) is -0.148. The highest BCUT2D eigenvalue weighted by molar-refractivity contribution is 7.15. The predicted octanol–water partition coefficient (Wildman–Crippen LogP) is 3.70. The number of aryl methyl sites for hydroxylation is 2. The van der Waals surface area contributed by atoms with Gasteiger partial charge in [-0.1, -0.05) is 38.2 Å². The molecule has 0 aliphatic rings. The fourth-order valence-corrected chi connectivity index (χ4v) is 2.43. The van der Waals surface area contributed by atoms with E-state index in [0.29, 0.717) is 10.7 Å². The van der Waals surface area contributed by atoms with Gasteiger partial charge in [-0.2, -0.15) is 0 Å². The van der Waals surface area contributed by atoms with E-state index in [-0.39, 0.29) is 11.3 Å². The minimum absolute atomic E-state index is 0.0545. The molecule has 0 spiro atoms. The van der Waals surface area contributed by atoms with E-state index in [1.807, 2.05) is 32.0 Å². The van der Waals surface area contributed by atoms with E-state index >= 15 is 0 Å². The number of aromatic nitrogens is 2. The Bertz CT molecular complexity index is 641. The Hall–Kier alpha value is -1.75. The molecule has 0 bridgehead atoms. The molecule has 2 rings (SSSR count). The van der Waals surface area contributed by atoms with E-state index in [1.54, 1.807) is 0 Å². The summed E-state index contributed by atoms with van der Waals surface area (Å²) in [7, 11) is 0. The molecule has 0 aliphatic heterocycles. The Labute approximate surface area is 123 Å². The van der Waals surface area contributed by atoms with Crippen LogP contribution in [0.2, 0.25) is 0 Å². The van der Waals surface area contributed by atoms with Crippen LogP contribution in [0.15, 0.2) is 18.2 Å². The Balaban J connectivity index is 2.15. The van der Waals surface area contributed by atoms with E-state index in [9.17, 15) is 4.79 Å². The van der Waals surface area contributed by atoms with Crippen molar-refractivity contribution in [3.63, 3.8) is 0 Å². The quantitative estimate of drug-likeness (QED) is 0.917. The molecule has 0 aliphatic carbocycles. The highest BCUT2D eigenvalue weighted by atomic mass is 32.1. The number of nitrogens with one attached hydrogen (secondary N) is 1. The van der Waals surface area contributed by atoms with Crippen molar-refractivity contribution in [3.05, 3.63) is 39.9 Å². The first-order chi connectivity index (χ1) is 9.27. The number of benzene rings is 1. The summed E-state index contributed by atoms with van der Waals surface area (Å²) < 4.78 is 0. The molecule has 2 aromatic rings. The minimum Gasteiger partial charge on any atom is -0.296 e. The number of rotatable bonds is 2. The third kappa shape index (κ3) is 3.22. The SMILES string of the molecule is Cc1ccc(C(=O)Nc2nnc(C(C)(C)C)s2)cc1C. The molecule has 0 saturated heterocycles. The summed E-state index contributed by atoms with van der Waals surface area (Å²) in [6.45, 7) is 10.2. The Morgan fingerprint density at radius 2 is 1.85 bits per heavy atom.